The summed E-state index contributed by atoms with van der Waals surface area (Å²) in [5.74, 6) is 1.24. The normalized spacial score (nSPS) is 15.8. The lowest BCUT2D eigenvalue weighted by molar-refractivity contribution is -0.115. The van der Waals surface area contributed by atoms with Crippen molar-refractivity contribution in [3.8, 4) is 11.5 Å². The van der Waals surface area contributed by atoms with Gasteiger partial charge in [0.1, 0.15) is 18.1 Å². The summed E-state index contributed by atoms with van der Waals surface area (Å²) in [6.45, 7) is 0.266. The molecule has 0 spiro atoms. The molecule has 3 aromatic rings. The molecule has 8 heteroatoms. The third-order valence-corrected chi connectivity index (χ3v) is 6.19. The minimum atomic E-state index is -0.184. The van der Waals surface area contributed by atoms with E-state index in [1.54, 1.807) is 25.3 Å². The number of benzene rings is 3. The van der Waals surface area contributed by atoms with Crippen molar-refractivity contribution in [2.75, 3.05) is 7.11 Å². The molecular formula is C24H18Cl2N2O3S. The van der Waals surface area contributed by atoms with Crippen LogP contribution in [0.15, 0.2) is 76.6 Å². The Morgan fingerprint density at radius 3 is 2.28 bits per heavy atom. The number of hydrogen-bond donors (Lipinski definition) is 1. The number of carbonyl (C=O) groups excluding carboxylic acids is 1. The van der Waals surface area contributed by atoms with Crippen molar-refractivity contribution in [1.29, 1.82) is 0 Å². The maximum absolute atomic E-state index is 12.3. The highest BCUT2D eigenvalue weighted by atomic mass is 35.5. The molecule has 0 aromatic heterocycles. The molecule has 1 fully saturated rings. The fraction of sp³-hybridized carbons (Fsp3) is 0.0833. The molecule has 0 radical (unpaired) electrons. The quantitative estimate of drug-likeness (QED) is 0.407. The van der Waals surface area contributed by atoms with Gasteiger partial charge in [-0.25, -0.2) is 4.99 Å². The Morgan fingerprint density at radius 2 is 1.62 bits per heavy atom. The lowest BCUT2D eigenvalue weighted by Crippen LogP contribution is -2.19. The first-order valence-electron chi connectivity index (χ1n) is 9.61. The Balaban J connectivity index is 1.41. The molecule has 4 rings (SSSR count). The van der Waals surface area contributed by atoms with Crippen molar-refractivity contribution < 1.29 is 14.3 Å². The Kier molecular flexibility index (Phi) is 7.05. The van der Waals surface area contributed by atoms with E-state index in [2.05, 4.69) is 10.3 Å². The number of nitrogens with zero attached hydrogens (tertiary/aromatic N) is 1. The second-order valence-electron chi connectivity index (χ2n) is 6.74. The topological polar surface area (TPSA) is 59.9 Å². The van der Waals surface area contributed by atoms with Gasteiger partial charge in [-0.15, -0.1) is 0 Å². The molecule has 0 unspecified atom stereocenters. The number of amidine groups is 1. The average molecular weight is 485 g/mol. The molecule has 5 nitrogen and oxygen atoms in total. The maximum Gasteiger partial charge on any atom is 0.264 e. The highest BCUT2D eigenvalue weighted by Crippen LogP contribution is 2.30. The zero-order chi connectivity index (χ0) is 22.5. The van der Waals surface area contributed by atoms with Crippen molar-refractivity contribution in [1.82, 2.24) is 5.32 Å². The van der Waals surface area contributed by atoms with Gasteiger partial charge in [0.15, 0.2) is 5.17 Å². The number of aliphatic imine (C=N–C) groups is 1. The summed E-state index contributed by atoms with van der Waals surface area (Å²) in [4.78, 5) is 17.3. The molecule has 1 aliphatic heterocycles. The van der Waals surface area contributed by atoms with Gasteiger partial charge in [-0.3, -0.25) is 4.79 Å². The Bertz CT molecular complexity index is 1170. The number of ether oxygens (including phenoxy) is 2. The monoisotopic (exact) mass is 484 g/mol. The first-order valence-corrected chi connectivity index (χ1v) is 11.2. The van der Waals surface area contributed by atoms with Crippen molar-refractivity contribution in [2.24, 2.45) is 4.99 Å². The van der Waals surface area contributed by atoms with Crippen LogP contribution in [0.3, 0.4) is 0 Å². The smallest absolute Gasteiger partial charge is 0.264 e. The summed E-state index contributed by atoms with van der Waals surface area (Å²) < 4.78 is 10.9. The maximum atomic E-state index is 12.3. The van der Waals surface area contributed by atoms with Crippen molar-refractivity contribution >= 4 is 57.8 Å². The van der Waals surface area contributed by atoms with E-state index in [-0.39, 0.29) is 12.5 Å². The van der Waals surface area contributed by atoms with Crippen LogP contribution in [0.2, 0.25) is 10.0 Å². The summed E-state index contributed by atoms with van der Waals surface area (Å²) in [5.41, 5.74) is 2.34. The summed E-state index contributed by atoms with van der Waals surface area (Å²) in [6, 6.07) is 20.1. The number of amides is 1. The summed E-state index contributed by atoms with van der Waals surface area (Å²) in [6.07, 6.45) is 1.81. The molecule has 162 valence electrons. The molecule has 1 amide bonds. The van der Waals surface area contributed by atoms with E-state index >= 15 is 0 Å². The van der Waals surface area contributed by atoms with Crippen LogP contribution in [0.1, 0.15) is 11.1 Å². The predicted molar refractivity (Wildman–Crippen MR) is 131 cm³/mol. The van der Waals surface area contributed by atoms with E-state index < -0.39 is 0 Å². The van der Waals surface area contributed by atoms with Gasteiger partial charge >= 0.3 is 0 Å². The van der Waals surface area contributed by atoms with E-state index in [4.69, 9.17) is 32.7 Å². The molecule has 1 heterocycles. The number of rotatable bonds is 6. The zero-order valence-electron chi connectivity index (χ0n) is 17.0. The molecule has 0 bridgehead atoms. The van der Waals surface area contributed by atoms with Gasteiger partial charge in [0, 0.05) is 15.6 Å². The van der Waals surface area contributed by atoms with Crippen LogP contribution in [-0.2, 0) is 11.4 Å². The molecule has 1 saturated heterocycles. The molecule has 3 aromatic carbocycles. The standard InChI is InChI=1S/C24H18Cl2N2O3S/c1-30-17-11-7-16(8-12-17)27-24-28-23(29)22(32-24)13-15-5-9-18(10-6-15)31-14-19-20(25)3-2-4-21(19)26/h2-13H,14H2,1H3,(H,27,28,29)/b22-13-. The average Bonchev–Trinajstić information content (AvgIpc) is 3.13. The Hall–Kier alpha value is -2.93. The van der Waals surface area contributed by atoms with E-state index in [1.165, 1.54) is 11.8 Å². The second kappa shape index (κ2) is 10.1. The van der Waals surface area contributed by atoms with Crippen LogP contribution in [-0.4, -0.2) is 18.2 Å². The summed E-state index contributed by atoms with van der Waals surface area (Å²) >= 11 is 13.6. The van der Waals surface area contributed by atoms with E-state index in [1.807, 2.05) is 54.6 Å². The van der Waals surface area contributed by atoms with Crippen molar-refractivity contribution in [3.63, 3.8) is 0 Å². The van der Waals surface area contributed by atoms with E-state index in [0.717, 1.165) is 22.6 Å². The van der Waals surface area contributed by atoms with Crippen LogP contribution in [0, 0.1) is 0 Å². The largest absolute Gasteiger partial charge is 0.497 e. The lowest BCUT2D eigenvalue weighted by atomic mass is 10.2. The SMILES string of the molecule is COc1ccc(N=C2NC(=O)/C(=C/c3ccc(OCc4c(Cl)cccc4Cl)cc3)S2)cc1. The predicted octanol–water partition coefficient (Wildman–Crippen LogP) is 6.47. The molecule has 1 aliphatic rings. The van der Waals surface area contributed by atoms with E-state index in [0.29, 0.717) is 25.9 Å². The van der Waals surface area contributed by atoms with Crippen LogP contribution >= 0.6 is 35.0 Å². The van der Waals surface area contributed by atoms with Crippen LogP contribution in [0.25, 0.3) is 6.08 Å². The number of hydrogen-bond acceptors (Lipinski definition) is 5. The van der Waals surface area contributed by atoms with Crippen LogP contribution in [0.5, 0.6) is 11.5 Å². The summed E-state index contributed by atoms with van der Waals surface area (Å²) in [5, 5.41) is 4.45. The first-order chi connectivity index (χ1) is 15.5. The Labute approximate surface area is 200 Å². The Morgan fingerprint density at radius 1 is 0.969 bits per heavy atom. The van der Waals surface area contributed by atoms with Gasteiger partial charge in [-0.2, -0.15) is 0 Å². The number of halogens is 2. The lowest BCUT2D eigenvalue weighted by Gasteiger charge is -2.09. The van der Waals surface area contributed by atoms with Gasteiger partial charge < -0.3 is 14.8 Å². The third kappa shape index (κ3) is 5.46. The van der Waals surface area contributed by atoms with Crippen molar-refractivity contribution in [3.05, 3.63) is 92.8 Å². The van der Waals surface area contributed by atoms with Crippen molar-refractivity contribution in [2.45, 2.75) is 6.61 Å². The fourth-order valence-corrected chi connectivity index (χ4v) is 4.24. The molecular weight excluding hydrogens is 467 g/mol. The molecule has 1 N–H and O–H groups in total. The number of nitrogens with one attached hydrogen (secondary N) is 1. The molecule has 0 aliphatic carbocycles. The fourth-order valence-electron chi connectivity index (χ4n) is 2.89. The van der Waals surface area contributed by atoms with Gasteiger partial charge in [0.25, 0.3) is 5.91 Å². The molecule has 32 heavy (non-hydrogen) atoms. The van der Waals surface area contributed by atoms with Gasteiger partial charge in [-0.05, 0) is 71.9 Å². The zero-order valence-corrected chi connectivity index (χ0v) is 19.3. The number of carbonyl (C=O) groups is 1. The molecule has 0 saturated carbocycles. The first kappa shape index (κ1) is 22.3. The minimum Gasteiger partial charge on any atom is -0.497 e. The molecule has 0 atom stereocenters. The van der Waals surface area contributed by atoms with Gasteiger partial charge in [0.05, 0.1) is 17.7 Å². The van der Waals surface area contributed by atoms with Crippen LogP contribution in [0.4, 0.5) is 5.69 Å². The van der Waals surface area contributed by atoms with E-state index in [9.17, 15) is 4.79 Å². The highest BCUT2D eigenvalue weighted by molar-refractivity contribution is 8.18. The van der Waals surface area contributed by atoms with Gasteiger partial charge in [0.2, 0.25) is 0 Å². The van der Waals surface area contributed by atoms with Crippen LogP contribution < -0.4 is 14.8 Å². The second-order valence-corrected chi connectivity index (χ2v) is 8.58. The summed E-state index contributed by atoms with van der Waals surface area (Å²) in [7, 11) is 1.61. The highest BCUT2D eigenvalue weighted by Gasteiger charge is 2.23. The number of methoxy groups -OCH3 is 1. The minimum absolute atomic E-state index is 0.184. The third-order valence-electron chi connectivity index (χ3n) is 4.58. The number of thioether (sulfide) groups is 1. The van der Waals surface area contributed by atoms with Gasteiger partial charge in [-0.1, -0.05) is 41.4 Å².